The summed E-state index contributed by atoms with van der Waals surface area (Å²) in [4.78, 5) is 29.6. The number of aromatic nitrogens is 1. The number of amides is 1. The molecule has 7 nitrogen and oxygen atoms in total. The normalized spacial score (nSPS) is 16.6. The summed E-state index contributed by atoms with van der Waals surface area (Å²) in [6, 6.07) is 10.7. The molecule has 0 bridgehead atoms. The molecule has 1 aromatic carbocycles. The monoisotopic (exact) mass is 381 g/mol. The average molecular weight is 381 g/mol. The molecule has 2 N–H and O–H groups in total. The molecule has 0 radical (unpaired) electrons. The third-order valence-electron chi connectivity index (χ3n) is 4.42. The summed E-state index contributed by atoms with van der Waals surface area (Å²) in [6.07, 6.45) is 6.52. The van der Waals surface area contributed by atoms with E-state index >= 15 is 0 Å². The lowest BCUT2D eigenvalue weighted by Crippen LogP contribution is -2.35. The van der Waals surface area contributed by atoms with Crippen LogP contribution in [0, 0.1) is 0 Å². The first-order valence-electron chi connectivity index (χ1n) is 9.14. The van der Waals surface area contributed by atoms with Crippen LogP contribution in [0.25, 0.3) is 0 Å². The average Bonchev–Trinajstić information content (AvgIpc) is 3.21. The molecule has 0 saturated heterocycles. The van der Waals surface area contributed by atoms with Crippen LogP contribution in [-0.2, 0) is 14.3 Å². The van der Waals surface area contributed by atoms with Gasteiger partial charge in [0.1, 0.15) is 12.5 Å². The number of ketones is 1. The Morgan fingerprint density at radius 3 is 2.68 bits per heavy atom. The Morgan fingerprint density at radius 1 is 1.25 bits per heavy atom. The molecule has 2 unspecified atom stereocenters. The standard InChI is InChI=1S/C21H23N3O4/c1-2-27-19(10-9-18(22)25)24-12-13-28-21(24)16-7-5-15(6-8-16)20(26)17-4-3-11-23-14-17/h3-8,11-14,19,21H,2,9-10H2,1H3,(H2,22,25). The van der Waals surface area contributed by atoms with Crippen molar-refractivity contribution in [1.82, 2.24) is 9.88 Å². The number of carbonyl (C=O) groups excluding carboxylic acids is 2. The van der Waals surface area contributed by atoms with E-state index in [-0.39, 0.29) is 24.3 Å². The molecule has 0 fully saturated rings. The first kappa shape index (κ1) is 19.6. The maximum Gasteiger partial charge on any atom is 0.217 e. The molecule has 0 aliphatic carbocycles. The van der Waals surface area contributed by atoms with Gasteiger partial charge in [-0.2, -0.15) is 0 Å². The van der Waals surface area contributed by atoms with Crippen LogP contribution in [-0.4, -0.2) is 34.4 Å². The number of benzene rings is 1. The van der Waals surface area contributed by atoms with Gasteiger partial charge in [0, 0.05) is 54.7 Å². The van der Waals surface area contributed by atoms with Gasteiger partial charge in [0.25, 0.3) is 0 Å². The van der Waals surface area contributed by atoms with Gasteiger partial charge in [-0.1, -0.05) is 24.3 Å². The Hall–Kier alpha value is -3.19. The first-order valence-corrected chi connectivity index (χ1v) is 9.14. The van der Waals surface area contributed by atoms with Crippen molar-refractivity contribution in [2.75, 3.05) is 6.61 Å². The Bertz CT molecular complexity index is 836. The number of primary amides is 1. The molecule has 146 valence electrons. The van der Waals surface area contributed by atoms with Crippen molar-refractivity contribution in [3.05, 3.63) is 77.9 Å². The van der Waals surface area contributed by atoms with Gasteiger partial charge in [0.05, 0.1) is 0 Å². The van der Waals surface area contributed by atoms with E-state index in [1.54, 1.807) is 49.1 Å². The van der Waals surface area contributed by atoms with Gasteiger partial charge in [0.15, 0.2) is 12.0 Å². The predicted octanol–water partition coefficient (Wildman–Crippen LogP) is 2.74. The van der Waals surface area contributed by atoms with Crippen LogP contribution in [0.3, 0.4) is 0 Å². The Kier molecular flexibility index (Phi) is 6.39. The Labute approximate surface area is 163 Å². The molecule has 0 saturated carbocycles. The molecule has 0 spiro atoms. The molecular formula is C21H23N3O4. The molecule has 1 amide bonds. The fourth-order valence-electron chi connectivity index (χ4n) is 3.07. The smallest absolute Gasteiger partial charge is 0.217 e. The maximum absolute atomic E-state index is 12.5. The van der Waals surface area contributed by atoms with E-state index in [0.29, 0.717) is 24.2 Å². The second-order valence-electron chi connectivity index (χ2n) is 6.33. The van der Waals surface area contributed by atoms with Gasteiger partial charge >= 0.3 is 0 Å². The van der Waals surface area contributed by atoms with Crippen molar-refractivity contribution in [2.45, 2.75) is 32.2 Å². The van der Waals surface area contributed by atoms with E-state index in [4.69, 9.17) is 15.2 Å². The SMILES string of the molecule is CCOC(CCC(N)=O)N1C=COC1c1ccc(C(=O)c2cccnc2)cc1. The van der Waals surface area contributed by atoms with Crippen molar-refractivity contribution in [3.63, 3.8) is 0 Å². The van der Waals surface area contributed by atoms with Gasteiger partial charge in [-0.3, -0.25) is 14.6 Å². The highest BCUT2D eigenvalue weighted by Gasteiger charge is 2.30. The van der Waals surface area contributed by atoms with E-state index in [1.165, 1.54) is 0 Å². The first-order chi connectivity index (χ1) is 13.6. The number of pyridine rings is 1. The summed E-state index contributed by atoms with van der Waals surface area (Å²) in [5.41, 5.74) is 7.26. The van der Waals surface area contributed by atoms with Gasteiger partial charge in [-0.25, -0.2) is 0 Å². The zero-order valence-electron chi connectivity index (χ0n) is 15.7. The van der Waals surface area contributed by atoms with E-state index in [2.05, 4.69) is 4.98 Å². The highest BCUT2D eigenvalue weighted by molar-refractivity contribution is 6.08. The molecule has 1 aromatic heterocycles. The quantitative estimate of drug-likeness (QED) is 0.671. The van der Waals surface area contributed by atoms with Gasteiger partial charge in [0.2, 0.25) is 5.91 Å². The van der Waals surface area contributed by atoms with Crippen LogP contribution in [0.4, 0.5) is 0 Å². The second kappa shape index (κ2) is 9.14. The van der Waals surface area contributed by atoms with Crippen molar-refractivity contribution in [2.24, 2.45) is 5.73 Å². The van der Waals surface area contributed by atoms with Crippen LogP contribution in [0.1, 0.15) is 47.5 Å². The van der Waals surface area contributed by atoms with E-state index in [1.807, 2.05) is 24.0 Å². The fraction of sp³-hybridized carbons (Fsp3) is 0.286. The summed E-state index contributed by atoms with van der Waals surface area (Å²) >= 11 is 0. The van der Waals surface area contributed by atoms with Crippen molar-refractivity contribution >= 4 is 11.7 Å². The highest BCUT2D eigenvalue weighted by atomic mass is 16.5. The number of nitrogens with zero attached hydrogens (tertiary/aromatic N) is 2. The molecule has 1 aliphatic rings. The number of nitrogens with two attached hydrogens (primary N) is 1. The van der Waals surface area contributed by atoms with E-state index in [9.17, 15) is 9.59 Å². The minimum atomic E-state index is -0.396. The molecule has 7 heteroatoms. The molecular weight excluding hydrogens is 358 g/mol. The summed E-state index contributed by atoms with van der Waals surface area (Å²) in [7, 11) is 0. The number of hydrogen-bond donors (Lipinski definition) is 1. The van der Waals surface area contributed by atoms with Crippen molar-refractivity contribution in [1.29, 1.82) is 0 Å². The Balaban J connectivity index is 1.74. The number of ether oxygens (including phenoxy) is 2. The predicted molar refractivity (Wildman–Crippen MR) is 103 cm³/mol. The Morgan fingerprint density at radius 2 is 2.04 bits per heavy atom. The fourth-order valence-corrected chi connectivity index (χ4v) is 3.07. The molecule has 2 atom stereocenters. The van der Waals surface area contributed by atoms with Gasteiger partial charge < -0.3 is 20.1 Å². The summed E-state index contributed by atoms with van der Waals surface area (Å²) in [5, 5.41) is 0. The number of rotatable bonds is 9. The topological polar surface area (TPSA) is 94.8 Å². The van der Waals surface area contributed by atoms with Gasteiger partial charge in [-0.15, -0.1) is 0 Å². The maximum atomic E-state index is 12.5. The van der Waals surface area contributed by atoms with E-state index < -0.39 is 6.23 Å². The zero-order valence-corrected chi connectivity index (χ0v) is 15.7. The zero-order chi connectivity index (χ0) is 19.9. The van der Waals surface area contributed by atoms with Crippen LogP contribution < -0.4 is 5.73 Å². The van der Waals surface area contributed by atoms with Gasteiger partial charge in [-0.05, 0) is 19.1 Å². The molecule has 28 heavy (non-hydrogen) atoms. The third-order valence-corrected chi connectivity index (χ3v) is 4.42. The van der Waals surface area contributed by atoms with Crippen LogP contribution in [0.5, 0.6) is 0 Å². The van der Waals surface area contributed by atoms with Crippen LogP contribution in [0.2, 0.25) is 0 Å². The van der Waals surface area contributed by atoms with Crippen LogP contribution >= 0.6 is 0 Å². The minimum absolute atomic E-state index is 0.0874. The summed E-state index contributed by atoms with van der Waals surface area (Å²) in [6.45, 7) is 2.39. The summed E-state index contributed by atoms with van der Waals surface area (Å²) < 4.78 is 11.5. The van der Waals surface area contributed by atoms with Crippen molar-refractivity contribution < 1.29 is 19.1 Å². The summed E-state index contributed by atoms with van der Waals surface area (Å²) in [5.74, 6) is -0.459. The second-order valence-corrected chi connectivity index (χ2v) is 6.33. The molecule has 2 heterocycles. The lowest BCUT2D eigenvalue weighted by atomic mass is 10.0. The lowest BCUT2D eigenvalue weighted by molar-refractivity contribution is -0.122. The molecule has 2 aromatic rings. The highest BCUT2D eigenvalue weighted by Crippen LogP contribution is 2.31. The van der Waals surface area contributed by atoms with Crippen molar-refractivity contribution in [3.8, 4) is 0 Å². The number of carbonyl (C=O) groups is 2. The van der Waals surface area contributed by atoms with Crippen LogP contribution in [0.15, 0.2) is 61.3 Å². The molecule has 3 rings (SSSR count). The lowest BCUT2D eigenvalue weighted by Gasteiger charge is -2.32. The molecule has 1 aliphatic heterocycles. The van der Waals surface area contributed by atoms with E-state index in [0.717, 1.165) is 5.56 Å². The number of hydrogen-bond acceptors (Lipinski definition) is 6. The third kappa shape index (κ3) is 4.55. The minimum Gasteiger partial charge on any atom is -0.472 e. The largest absolute Gasteiger partial charge is 0.472 e.